The predicted molar refractivity (Wildman–Crippen MR) is 91.8 cm³/mol. The molecule has 0 unspecified atom stereocenters. The van der Waals surface area contributed by atoms with Gasteiger partial charge in [0.2, 0.25) is 5.91 Å². The topological polar surface area (TPSA) is 44.9 Å². The molecule has 0 aliphatic carbocycles. The lowest BCUT2D eigenvalue weighted by Gasteiger charge is -2.08. The van der Waals surface area contributed by atoms with Gasteiger partial charge in [-0.1, -0.05) is 35.3 Å². The van der Waals surface area contributed by atoms with Crippen LogP contribution in [-0.4, -0.2) is 10.9 Å². The van der Waals surface area contributed by atoms with Crippen LogP contribution in [0.3, 0.4) is 0 Å². The van der Waals surface area contributed by atoms with Crippen LogP contribution in [-0.2, 0) is 11.2 Å². The fourth-order valence-electron chi connectivity index (χ4n) is 2.40. The maximum Gasteiger partial charge on any atom is 0.228 e. The number of rotatable bonds is 3. The third-order valence-electron chi connectivity index (χ3n) is 3.55. The zero-order chi connectivity index (χ0) is 15.7. The van der Waals surface area contributed by atoms with E-state index in [0.717, 1.165) is 27.7 Å². The van der Waals surface area contributed by atoms with E-state index in [1.54, 1.807) is 12.1 Å². The molecule has 0 saturated heterocycles. The van der Waals surface area contributed by atoms with E-state index in [-0.39, 0.29) is 12.3 Å². The Bertz CT molecular complexity index is 855. The Balaban J connectivity index is 1.80. The van der Waals surface area contributed by atoms with Crippen LogP contribution in [0.15, 0.2) is 42.6 Å². The molecule has 0 spiro atoms. The van der Waals surface area contributed by atoms with E-state index < -0.39 is 0 Å². The number of aromatic amines is 1. The van der Waals surface area contributed by atoms with Crippen LogP contribution in [0.5, 0.6) is 0 Å². The molecule has 0 atom stereocenters. The molecule has 0 bridgehead atoms. The number of carbonyl (C=O) groups is 1. The van der Waals surface area contributed by atoms with Crippen molar-refractivity contribution < 1.29 is 4.79 Å². The van der Waals surface area contributed by atoms with Crippen molar-refractivity contribution in [3.63, 3.8) is 0 Å². The van der Waals surface area contributed by atoms with E-state index in [1.807, 2.05) is 37.4 Å². The molecule has 5 heteroatoms. The van der Waals surface area contributed by atoms with E-state index in [9.17, 15) is 4.79 Å². The smallest absolute Gasteiger partial charge is 0.228 e. The number of H-pyrrole nitrogens is 1. The number of aromatic nitrogens is 1. The number of hydrogen-bond acceptors (Lipinski definition) is 1. The first-order valence-electron chi connectivity index (χ1n) is 6.84. The molecule has 3 aromatic rings. The van der Waals surface area contributed by atoms with E-state index in [0.29, 0.717) is 10.0 Å². The third-order valence-corrected chi connectivity index (χ3v) is 4.02. The SMILES string of the molecule is Cc1ccc(Cl)cc1NC(=O)Cc1c[nH]c2cc(Cl)ccc12. The lowest BCUT2D eigenvalue weighted by Crippen LogP contribution is -2.15. The van der Waals surface area contributed by atoms with Gasteiger partial charge in [0.1, 0.15) is 0 Å². The van der Waals surface area contributed by atoms with Gasteiger partial charge in [-0.05, 0) is 42.3 Å². The number of amides is 1. The molecule has 3 rings (SSSR count). The highest BCUT2D eigenvalue weighted by atomic mass is 35.5. The van der Waals surface area contributed by atoms with Crippen molar-refractivity contribution in [3.8, 4) is 0 Å². The summed E-state index contributed by atoms with van der Waals surface area (Å²) >= 11 is 11.9. The van der Waals surface area contributed by atoms with Crippen molar-refractivity contribution in [3.05, 3.63) is 63.8 Å². The number of hydrogen-bond donors (Lipinski definition) is 2. The molecule has 112 valence electrons. The number of carbonyl (C=O) groups excluding carboxylic acids is 1. The third kappa shape index (κ3) is 3.11. The highest BCUT2D eigenvalue weighted by Crippen LogP contribution is 2.24. The molecule has 1 heterocycles. The Labute approximate surface area is 138 Å². The van der Waals surface area contributed by atoms with E-state index >= 15 is 0 Å². The van der Waals surface area contributed by atoms with Crippen LogP contribution in [0.25, 0.3) is 10.9 Å². The maximum absolute atomic E-state index is 12.3. The van der Waals surface area contributed by atoms with Crippen LogP contribution in [0.1, 0.15) is 11.1 Å². The Morgan fingerprint density at radius 3 is 2.68 bits per heavy atom. The van der Waals surface area contributed by atoms with Crippen LogP contribution < -0.4 is 5.32 Å². The first-order valence-corrected chi connectivity index (χ1v) is 7.60. The highest BCUT2D eigenvalue weighted by molar-refractivity contribution is 6.31. The average Bonchev–Trinajstić information content (AvgIpc) is 2.85. The molecule has 2 aromatic carbocycles. The summed E-state index contributed by atoms with van der Waals surface area (Å²) in [7, 11) is 0. The first-order chi connectivity index (χ1) is 10.5. The predicted octanol–water partition coefficient (Wildman–Crippen LogP) is 4.96. The molecule has 0 saturated carbocycles. The van der Waals surface area contributed by atoms with Crippen LogP contribution in [0.2, 0.25) is 10.0 Å². The van der Waals surface area contributed by atoms with Crippen molar-refractivity contribution in [2.24, 2.45) is 0 Å². The van der Waals surface area contributed by atoms with Gasteiger partial charge in [-0.2, -0.15) is 0 Å². The van der Waals surface area contributed by atoms with Gasteiger partial charge in [0.25, 0.3) is 0 Å². The van der Waals surface area contributed by atoms with Crippen LogP contribution >= 0.6 is 23.2 Å². The standard InChI is InChI=1S/C17H14Cl2N2O/c1-10-2-3-12(18)7-15(10)21-17(22)6-11-9-20-16-8-13(19)4-5-14(11)16/h2-5,7-9,20H,6H2,1H3,(H,21,22). The largest absolute Gasteiger partial charge is 0.361 e. The second-order valence-corrected chi connectivity index (χ2v) is 6.06. The van der Waals surface area contributed by atoms with Gasteiger partial charge in [0.15, 0.2) is 0 Å². The number of fused-ring (bicyclic) bond motifs is 1. The summed E-state index contributed by atoms with van der Waals surface area (Å²) < 4.78 is 0. The molecule has 0 fully saturated rings. The van der Waals surface area contributed by atoms with Crippen molar-refractivity contribution >= 4 is 45.7 Å². The fourth-order valence-corrected chi connectivity index (χ4v) is 2.75. The number of halogens is 2. The minimum atomic E-state index is -0.0822. The maximum atomic E-state index is 12.3. The summed E-state index contributed by atoms with van der Waals surface area (Å²) in [5.74, 6) is -0.0822. The van der Waals surface area contributed by atoms with Gasteiger partial charge in [0.05, 0.1) is 6.42 Å². The first kappa shape index (κ1) is 14.9. The molecule has 22 heavy (non-hydrogen) atoms. The monoisotopic (exact) mass is 332 g/mol. The minimum absolute atomic E-state index is 0.0822. The molecule has 1 amide bonds. The molecule has 0 aliphatic heterocycles. The Kier molecular flexibility index (Phi) is 4.10. The van der Waals surface area contributed by atoms with Gasteiger partial charge in [0, 0.05) is 32.8 Å². The minimum Gasteiger partial charge on any atom is -0.361 e. The summed E-state index contributed by atoms with van der Waals surface area (Å²) in [6.45, 7) is 1.93. The van der Waals surface area contributed by atoms with Crippen LogP contribution in [0, 0.1) is 6.92 Å². The summed E-state index contributed by atoms with van der Waals surface area (Å²) in [5.41, 5.74) is 3.57. The number of nitrogens with one attached hydrogen (secondary N) is 2. The van der Waals surface area contributed by atoms with Crippen molar-refractivity contribution in [1.29, 1.82) is 0 Å². The molecule has 0 radical (unpaired) electrons. The van der Waals surface area contributed by atoms with E-state index in [1.165, 1.54) is 0 Å². The molecule has 2 N–H and O–H groups in total. The Morgan fingerprint density at radius 1 is 1.14 bits per heavy atom. The number of benzene rings is 2. The number of aryl methyl sites for hydroxylation is 1. The van der Waals surface area contributed by atoms with E-state index in [2.05, 4.69) is 10.3 Å². The van der Waals surface area contributed by atoms with Crippen molar-refractivity contribution in [1.82, 2.24) is 4.98 Å². The summed E-state index contributed by atoms with van der Waals surface area (Å²) in [4.78, 5) is 15.4. The summed E-state index contributed by atoms with van der Waals surface area (Å²) in [6.07, 6.45) is 2.12. The zero-order valence-corrected chi connectivity index (χ0v) is 13.4. The van der Waals surface area contributed by atoms with Crippen LogP contribution in [0.4, 0.5) is 5.69 Å². The van der Waals surface area contributed by atoms with Gasteiger partial charge >= 0.3 is 0 Å². The second kappa shape index (κ2) is 6.03. The average molecular weight is 333 g/mol. The molecular formula is C17H14Cl2N2O. The fraction of sp³-hybridized carbons (Fsp3) is 0.118. The zero-order valence-electron chi connectivity index (χ0n) is 11.9. The van der Waals surface area contributed by atoms with Gasteiger partial charge in [-0.25, -0.2) is 0 Å². The summed E-state index contributed by atoms with van der Waals surface area (Å²) in [5, 5.41) is 5.17. The van der Waals surface area contributed by atoms with Crippen molar-refractivity contribution in [2.75, 3.05) is 5.32 Å². The van der Waals surface area contributed by atoms with Crippen molar-refractivity contribution in [2.45, 2.75) is 13.3 Å². The number of anilines is 1. The van der Waals surface area contributed by atoms with Gasteiger partial charge in [-0.3, -0.25) is 4.79 Å². The lowest BCUT2D eigenvalue weighted by molar-refractivity contribution is -0.115. The van der Waals surface area contributed by atoms with Gasteiger partial charge < -0.3 is 10.3 Å². The Morgan fingerprint density at radius 2 is 1.86 bits per heavy atom. The molecule has 0 aliphatic rings. The molecule has 3 nitrogen and oxygen atoms in total. The molecule has 1 aromatic heterocycles. The van der Waals surface area contributed by atoms with Gasteiger partial charge in [-0.15, -0.1) is 0 Å². The lowest BCUT2D eigenvalue weighted by atomic mass is 10.1. The molecular weight excluding hydrogens is 319 g/mol. The normalized spacial score (nSPS) is 10.9. The quantitative estimate of drug-likeness (QED) is 0.699. The second-order valence-electron chi connectivity index (χ2n) is 5.19. The Hall–Kier alpha value is -1.97. The van der Waals surface area contributed by atoms with E-state index in [4.69, 9.17) is 23.2 Å². The highest BCUT2D eigenvalue weighted by Gasteiger charge is 2.10. The summed E-state index contributed by atoms with van der Waals surface area (Å²) in [6, 6.07) is 11.0.